The van der Waals surface area contributed by atoms with Gasteiger partial charge in [-0.3, -0.25) is 4.79 Å². The second-order valence-corrected chi connectivity index (χ2v) is 4.90. The summed E-state index contributed by atoms with van der Waals surface area (Å²) in [6.07, 6.45) is 6.49. The Labute approximate surface area is 115 Å². The Morgan fingerprint density at radius 2 is 2.11 bits per heavy atom. The van der Waals surface area contributed by atoms with E-state index in [-0.39, 0.29) is 18.0 Å². The lowest BCUT2D eigenvalue weighted by atomic mass is 10.1. The first kappa shape index (κ1) is 15.7. The maximum atomic E-state index is 11.9. The standard InChI is InChI=1S/C14H26N4O/c1-5-12(6-2)17-14(19)11(3)15-8-7-13-16-9-10-18(13)4/h9-12,15H,5-8H2,1-4H3,(H,17,19). The summed E-state index contributed by atoms with van der Waals surface area (Å²) in [7, 11) is 1.98. The Balaban J connectivity index is 2.28. The van der Waals surface area contributed by atoms with Gasteiger partial charge in [0.1, 0.15) is 5.82 Å². The molecule has 1 heterocycles. The van der Waals surface area contributed by atoms with E-state index in [2.05, 4.69) is 29.5 Å². The zero-order valence-electron chi connectivity index (χ0n) is 12.4. The number of hydrogen-bond donors (Lipinski definition) is 2. The van der Waals surface area contributed by atoms with E-state index in [1.54, 1.807) is 6.20 Å². The normalized spacial score (nSPS) is 12.7. The molecule has 1 aromatic heterocycles. The fourth-order valence-corrected chi connectivity index (χ4v) is 1.95. The highest BCUT2D eigenvalue weighted by Crippen LogP contribution is 1.98. The number of amides is 1. The summed E-state index contributed by atoms with van der Waals surface area (Å²) < 4.78 is 2.00. The molecule has 1 rings (SSSR count). The number of carbonyl (C=O) groups excluding carboxylic acids is 1. The van der Waals surface area contributed by atoms with Gasteiger partial charge in [-0.05, 0) is 19.8 Å². The molecule has 19 heavy (non-hydrogen) atoms. The maximum absolute atomic E-state index is 11.9. The van der Waals surface area contributed by atoms with Crippen molar-refractivity contribution < 1.29 is 4.79 Å². The molecule has 0 saturated heterocycles. The summed E-state index contributed by atoms with van der Waals surface area (Å²) in [4.78, 5) is 16.2. The summed E-state index contributed by atoms with van der Waals surface area (Å²) in [5.41, 5.74) is 0. The zero-order chi connectivity index (χ0) is 14.3. The summed E-state index contributed by atoms with van der Waals surface area (Å²) in [5, 5.41) is 6.28. The van der Waals surface area contributed by atoms with E-state index in [1.807, 2.05) is 24.7 Å². The van der Waals surface area contributed by atoms with Crippen molar-refractivity contribution in [3.8, 4) is 0 Å². The van der Waals surface area contributed by atoms with Crippen LogP contribution in [0.25, 0.3) is 0 Å². The molecule has 1 aromatic rings. The lowest BCUT2D eigenvalue weighted by Crippen LogP contribution is -2.46. The van der Waals surface area contributed by atoms with Crippen molar-refractivity contribution in [2.75, 3.05) is 6.54 Å². The van der Waals surface area contributed by atoms with Crippen LogP contribution in [-0.2, 0) is 18.3 Å². The molecule has 5 nitrogen and oxygen atoms in total. The number of rotatable bonds is 8. The van der Waals surface area contributed by atoms with Gasteiger partial charge in [0.05, 0.1) is 6.04 Å². The number of aryl methyl sites for hydroxylation is 1. The molecule has 2 N–H and O–H groups in total. The zero-order valence-corrected chi connectivity index (χ0v) is 12.4. The first-order valence-corrected chi connectivity index (χ1v) is 7.08. The third-order valence-corrected chi connectivity index (χ3v) is 3.45. The highest BCUT2D eigenvalue weighted by Gasteiger charge is 2.15. The molecule has 0 fully saturated rings. The molecule has 1 atom stereocenters. The lowest BCUT2D eigenvalue weighted by Gasteiger charge is -2.19. The Morgan fingerprint density at radius 3 is 2.63 bits per heavy atom. The first-order chi connectivity index (χ1) is 9.08. The van der Waals surface area contributed by atoms with E-state index < -0.39 is 0 Å². The van der Waals surface area contributed by atoms with Gasteiger partial charge in [0.25, 0.3) is 0 Å². The quantitative estimate of drug-likeness (QED) is 0.744. The van der Waals surface area contributed by atoms with Gasteiger partial charge in [0.2, 0.25) is 5.91 Å². The van der Waals surface area contributed by atoms with Crippen LogP contribution in [0.4, 0.5) is 0 Å². The third kappa shape index (κ3) is 5.03. The SMILES string of the molecule is CCC(CC)NC(=O)C(C)NCCc1nccn1C. The molecule has 1 amide bonds. The third-order valence-electron chi connectivity index (χ3n) is 3.45. The summed E-state index contributed by atoms with van der Waals surface area (Å²) in [6, 6.07) is 0.118. The Morgan fingerprint density at radius 1 is 1.42 bits per heavy atom. The van der Waals surface area contributed by atoms with E-state index >= 15 is 0 Å². The monoisotopic (exact) mass is 266 g/mol. The van der Waals surface area contributed by atoms with Crippen molar-refractivity contribution in [3.63, 3.8) is 0 Å². The van der Waals surface area contributed by atoms with Crippen LogP contribution in [0, 0.1) is 0 Å². The fourth-order valence-electron chi connectivity index (χ4n) is 1.95. The van der Waals surface area contributed by atoms with Crippen LogP contribution in [0.2, 0.25) is 0 Å². The lowest BCUT2D eigenvalue weighted by molar-refractivity contribution is -0.123. The molecule has 1 unspecified atom stereocenters. The molecule has 108 valence electrons. The van der Waals surface area contributed by atoms with Crippen molar-refractivity contribution >= 4 is 5.91 Å². The average molecular weight is 266 g/mol. The van der Waals surface area contributed by atoms with E-state index in [0.29, 0.717) is 0 Å². The molecule has 0 saturated carbocycles. The van der Waals surface area contributed by atoms with Gasteiger partial charge in [-0.1, -0.05) is 13.8 Å². The number of aromatic nitrogens is 2. The Kier molecular flexibility index (Phi) is 6.56. The van der Waals surface area contributed by atoms with Crippen LogP contribution in [0.5, 0.6) is 0 Å². The summed E-state index contributed by atoms with van der Waals surface area (Å²) >= 11 is 0. The highest BCUT2D eigenvalue weighted by molar-refractivity contribution is 5.81. The first-order valence-electron chi connectivity index (χ1n) is 7.08. The van der Waals surface area contributed by atoms with Crippen LogP contribution in [0.15, 0.2) is 12.4 Å². The molecule has 0 aromatic carbocycles. The molecule has 0 bridgehead atoms. The van der Waals surface area contributed by atoms with Gasteiger partial charge in [-0.25, -0.2) is 4.98 Å². The smallest absolute Gasteiger partial charge is 0.237 e. The Bertz CT molecular complexity index is 385. The molecule has 0 aliphatic heterocycles. The summed E-state index contributed by atoms with van der Waals surface area (Å²) in [5.74, 6) is 1.11. The predicted molar refractivity (Wildman–Crippen MR) is 76.9 cm³/mol. The van der Waals surface area contributed by atoms with Crippen molar-refractivity contribution in [1.82, 2.24) is 20.2 Å². The van der Waals surface area contributed by atoms with Gasteiger partial charge >= 0.3 is 0 Å². The van der Waals surface area contributed by atoms with E-state index in [9.17, 15) is 4.79 Å². The van der Waals surface area contributed by atoms with Gasteiger partial charge in [0, 0.05) is 38.4 Å². The highest BCUT2D eigenvalue weighted by atomic mass is 16.2. The fraction of sp³-hybridized carbons (Fsp3) is 0.714. The molecular weight excluding hydrogens is 240 g/mol. The summed E-state index contributed by atoms with van der Waals surface area (Å²) in [6.45, 7) is 6.83. The van der Waals surface area contributed by atoms with Crippen LogP contribution in [0.3, 0.4) is 0 Å². The van der Waals surface area contributed by atoms with Crippen molar-refractivity contribution in [1.29, 1.82) is 0 Å². The largest absolute Gasteiger partial charge is 0.352 e. The van der Waals surface area contributed by atoms with Crippen LogP contribution < -0.4 is 10.6 Å². The van der Waals surface area contributed by atoms with Gasteiger partial charge in [-0.15, -0.1) is 0 Å². The van der Waals surface area contributed by atoms with Crippen LogP contribution in [-0.4, -0.2) is 34.1 Å². The molecule has 0 aliphatic rings. The predicted octanol–water partition coefficient (Wildman–Crippen LogP) is 1.25. The Hall–Kier alpha value is -1.36. The van der Waals surface area contributed by atoms with E-state index in [4.69, 9.17) is 0 Å². The second kappa shape index (κ2) is 7.94. The van der Waals surface area contributed by atoms with Crippen molar-refractivity contribution in [3.05, 3.63) is 18.2 Å². The second-order valence-electron chi connectivity index (χ2n) is 4.90. The van der Waals surface area contributed by atoms with Crippen LogP contribution >= 0.6 is 0 Å². The molecule has 5 heteroatoms. The van der Waals surface area contributed by atoms with E-state index in [1.165, 1.54) is 0 Å². The molecule has 0 spiro atoms. The van der Waals surface area contributed by atoms with Crippen LogP contribution in [0.1, 0.15) is 39.4 Å². The minimum absolute atomic E-state index is 0.0774. The van der Waals surface area contributed by atoms with Crippen molar-refractivity contribution in [2.45, 2.75) is 52.1 Å². The molecule has 0 radical (unpaired) electrons. The number of nitrogens with one attached hydrogen (secondary N) is 2. The minimum Gasteiger partial charge on any atom is -0.352 e. The van der Waals surface area contributed by atoms with E-state index in [0.717, 1.165) is 31.6 Å². The van der Waals surface area contributed by atoms with Crippen molar-refractivity contribution in [2.24, 2.45) is 7.05 Å². The topological polar surface area (TPSA) is 59.0 Å². The number of imidazole rings is 1. The molecule has 0 aliphatic carbocycles. The van der Waals surface area contributed by atoms with Gasteiger partial charge in [0.15, 0.2) is 0 Å². The number of carbonyl (C=O) groups is 1. The maximum Gasteiger partial charge on any atom is 0.237 e. The number of nitrogens with zero attached hydrogens (tertiary/aromatic N) is 2. The number of hydrogen-bond acceptors (Lipinski definition) is 3. The minimum atomic E-state index is -0.166. The van der Waals surface area contributed by atoms with Gasteiger partial charge in [-0.2, -0.15) is 0 Å². The van der Waals surface area contributed by atoms with Gasteiger partial charge < -0.3 is 15.2 Å². The average Bonchev–Trinajstić information content (AvgIpc) is 2.81. The molecular formula is C14H26N4O.